The molecule has 0 aliphatic carbocycles. The highest BCUT2D eigenvalue weighted by Gasteiger charge is 2.58. The maximum Gasteiger partial charge on any atom is 0.252 e. The molecule has 3 rings (SSSR count). The normalized spacial score (nSPS) is 21.8. The van der Waals surface area contributed by atoms with Crippen LogP contribution in [-0.2, 0) is 11.7 Å². The van der Waals surface area contributed by atoms with Crippen LogP contribution in [0.5, 0.6) is 0 Å². The fourth-order valence-corrected chi connectivity index (χ4v) is 3.77. The molecule has 2 heterocycles. The van der Waals surface area contributed by atoms with Crippen molar-refractivity contribution in [3.05, 3.63) is 58.4 Å². The summed E-state index contributed by atoms with van der Waals surface area (Å²) in [6, 6.07) is 3.32. The van der Waals surface area contributed by atoms with Crippen LogP contribution in [0.2, 0.25) is 10.2 Å². The fourth-order valence-electron chi connectivity index (χ4n) is 3.59. The van der Waals surface area contributed by atoms with Gasteiger partial charge in [0.2, 0.25) is 0 Å². The second kappa shape index (κ2) is 9.42. The van der Waals surface area contributed by atoms with Crippen LogP contribution in [0.25, 0.3) is 0 Å². The van der Waals surface area contributed by atoms with Gasteiger partial charge in [0.1, 0.15) is 17.3 Å². The lowest BCUT2D eigenvalue weighted by Crippen LogP contribution is -2.72. The Balaban J connectivity index is 1.72. The highest BCUT2D eigenvalue weighted by Crippen LogP contribution is 2.51. The first-order valence-corrected chi connectivity index (χ1v) is 10.5. The summed E-state index contributed by atoms with van der Waals surface area (Å²) in [5, 5.41) is -3.72. The van der Waals surface area contributed by atoms with Crippen molar-refractivity contribution in [1.29, 1.82) is 0 Å². The molecular formula is C19H14B7ClF2N4O. The van der Waals surface area contributed by atoms with Crippen molar-refractivity contribution in [3.8, 4) is 0 Å². The quantitative estimate of drug-likeness (QED) is 0.597. The predicted molar refractivity (Wildman–Crippen MR) is 132 cm³/mol. The molecule has 1 atom stereocenters. The first-order valence-electron chi connectivity index (χ1n) is 10.1. The lowest BCUT2D eigenvalue weighted by atomic mass is 9.27. The summed E-state index contributed by atoms with van der Waals surface area (Å²) in [5.41, 5.74) is -2.03. The number of hydrogen-bond acceptors (Lipinski definition) is 4. The molecule has 1 unspecified atom stereocenters. The second-order valence-corrected chi connectivity index (χ2v) is 8.83. The molecule has 1 saturated heterocycles. The number of piperidine rings is 1. The number of aromatic nitrogens is 2. The van der Waals surface area contributed by atoms with Crippen molar-refractivity contribution < 1.29 is 13.6 Å². The molecular weight excluding hydrogens is 449 g/mol. The van der Waals surface area contributed by atoms with E-state index in [1.807, 2.05) is 0 Å². The van der Waals surface area contributed by atoms with Gasteiger partial charge < -0.3 is 10.2 Å². The van der Waals surface area contributed by atoms with Crippen molar-refractivity contribution >= 4 is 72.4 Å². The number of amides is 1. The van der Waals surface area contributed by atoms with Gasteiger partial charge in [-0.15, -0.1) is 5.11 Å². The fraction of sp³-hybridized carbons (Fsp3) is 0.421. The van der Waals surface area contributed by atoms with Crippen LogP contribution in [-0.4, -0.2) is 99.8 Å². The van der Waals surface area contributed by atoms with Gasteiger partial charge in [0.15, 0.2) is 0 Å². The Morgan fingerprint density at radius 3 is 2.35 bits per heavy atom. The number of alkyl halides is 1. The minimum atomic E-state index is -2.38. The summed E-state index contributed by atoms with van der Waals surface area (Å²) in [4.78, 5) is 22.0. The van der Waals surface area contributed by atoms with Crippen molar-refractivity contribution in [1.82, 2.24) is 20.2 Å². The number of carbonyl (C=O) groups is 1. The first-order chi connectivity index (χ1) is 15.6. The Morgan fingerprint density at radius 1 is 1.18 bits per heavy atom. The zero-order valence-corrected chi connectivity index (χ0v) is 18.9. The molecule has 14 radical (unpaired) electrons. The number of carbonyl (C=O) groups excluding carboxylic acids is 1. The topological polar surface area (TPSA) is 58.1 Å². The van der Waals surface area contributed by atoms with Gasteiger partial charge in [-0.2, -0.15) is 0 Å². The van der Waals surface area contributed by atoms with Crippen molar-refractivity contribution in [2.24, 2.45) is 0 Å². The molecule has 1 N–H and O–H groups in total. The lowest BCUT2D eigenvalue weighted by molar-refractivity contribution is 0.0140. The van der Waals surface area contributed by atoms with Gasteiger partial charge in [-0.25, -0.2) is 18.7 Å². The number of hydrogen-bond donors (Lipinski definition) is 1. The van der Waals surface area contributed by atoms with Gasteiger partial charge in [0.05, 0.1) is 66.5 Å². The van der Waals surface area contributed by atoms with Crippen LogP contribution in [0, 0.1) is 5.82 Å². The first kappa shape index (κ1) is 26.9. The molecule has 1 amide bonds. The maximum atomic E-state index is 16.0. The Hall–Kier alpha value is -1.67. The van der Waals surface area contributed by atoms with E-state index in [2.05, 4.69) is 15.3 Å². The second-order valence-electron chi connectivity index (χ2n) is 8.42. The Morgan fingerprint density at radius 2 is 1.79 bits per heavy atom. The number of likely N-dealkylation sites (tertiary alicyclic amines) is 1. The third-order valence-corrected chi connectivity index (χ3v) is 6.18. The number of nitrogens with one attached hydrogen (secondary N) is 1. The van der Waals surface area contributed by atoms with Gasteiger partial charge in [0, 0.05) is 31.0 Å². The molecule has 0 spiro atoms. The van der Waals surface area contributed by atoms with E-state index in [-0.39, 0.29) is 36.6 Å². The standard InChI is InChI=1S/C19H14B7ClF2N4O/c20-17(21,22)11-6-31-14(32-7-11)8-30-9-16(29)3-4-33(19(25,26)18(16,23)24)15(34)10-1-2-13(28)12(27)5-10/h1-2,5-7,30H,3-4,8-9H2. The summed E-state index contributed by atoms with van der Waals surface area (Å²) in [6.45, 7) is -0.556. The zero-order valence-electron chi connectivity index (χ0n) is 18.1. The SMILES string of the molecule is [B]C([B])([B])c1cnc(CNCC2(F)CCN(C(=O)c3ccc(F)c(Cl)c3)C([B])([B])C2([B])[B])nc1. The molecule has 15 heteroatoms. The van der Waals surface area contributed by atoms with E-state index in [1.165, 1.54) is 18.5 Å². The number of nitrogens with zero attached hydrogens (tertiary/aromatic N) is 3. The van der Waals surface area contributed by atoms with E-state index in [4.69, 9.17) is 66.5 Å². The minimum absolute atomic E-state index is 0.0102. The predicted octanol–water partition coefficient (Wildman–Crippen LogP) is -0.327. The third kappa shape index (κ3) is 4.99. The molecule has 1 aromatic heterocycles. The number of rotatable bonds is 6. The maximum absolute atomic E-state index is 16.0. The smallest absolute Gasteiger partial charge is 0.252 e. The highest BCUT2D eigenvalue weighted by molar-refractivity contribution is 6.59. The molecule has 1 aliphatic rings. The van der Waals surface area contributed by atoms with Crippen molar-refractivity contribution in [3.63, 3.8) is 0 Å². The van der Waals surface area contributed by atoms with Crippen molar-refractivity contribution in [2.75, 3.05) is 13.1 Å². The van der Waals surface area contributed by atoms with Crippen LogP contribution >= 0.6 is 11.6 Å². The van der Waals surface area contributed by atoms with E-state index < -0.39 is 33.1 Å². The molecule has 158 valence electrons. The summed E-state index contributed by atoms with van der Waals surface area (Å²) in [6.07, 6.45) is 2.41. The molecule has 1 aromatic carbocycles. The molecule has 2 aromatic rings. The zero-order chi connectivity index (χ0) is 25.5. The van der Waals surface area contributed by atoms with Crippen LogP contribution in [0.15, 0.2) is 30.6 Å². The lowest BCUT2D eigenvalue weighted by Gasteiger charge is -2.62. The summed E-state index contributed by atoms with van der Waals surface area (Å²) in [5.74, 6) is -1.15. The van der Waals surface area contributed by atoms with E-state index in [0.29, 0.717) is 11.4 Å². The Kier molecular flexibility index (Phi) is 7.46. The minimum Gasteiger partial charge on any atom is -0.351 e. The Bertz CT molecular complexity index is 1070. The van der Waals surface area contributed by atoms with Crippen LogP contribution in [0.3, 0.4) is 0 Å². The summed E-state index contributed by atoms with van der Waals surface area (Å²) >= 11 is 5.75. The third-order valence-electron chi connectivity index (χ3n) is 5.89. The highest BCUT2D eigenvalue weighted by atomic mass is 35.5. The summed E-state index contributed by atoms with van der Waals surface area (Å²) in [7, 11) is 41.1. The van der Waals surface area contributed by atoms with Crippen LogP contribution < -0.4 is 5.32 Å². The van der Waals surface area contributed by atoms with Gasteiger partial charge >= 0.3 is 0 Å². The Labute approximate surface area is 211 Å². The van der Waals surface area contributed by atoms with Crippen LogP contribution in [0.4, 0.5) is 8.78 Å². The average molecular weight is 463 g/mol. The molecule has 1 aliphatic heterocycles. The van der Waals surface area contributed by atoms with Crippen LogP contribution in [0.1, 0.15) is 28.2 Å². The number of halogens is 3. The van der Waals surface area contributed by atoms with E-state index >= 15 is 4.39 Å². The largest absolute Gasteiger partial charge is 0.351 e. The van der Waals surface area contributed by atoms with Gasteiger partial charge in [-0.1, -0.05) is 16.8 Å². The molecule has 34 heavy (non-hydrogen) atoms. The molecule has 0 saturated carbocycles. The van der Waals surface area contributed by atoms with Gasteiger partial charge in [-0.3, -0.25) is 4.79 Å². The van der Waals surface area contributed by atoms with Gasteiger partial charge in [-0.05, 0) is 35.5 Å². The number of benzene rings is 1. The molecule has 0 bridgehead atoms. The van der Waals surface area contributed by atoms with Crippen molar-refractivity contribution in [2.45, 2.75) is 34.3 Å². The van der Waals surface area contributed by atoms with E-state index in [9.17, 15) is 9.18 Å². The van der Waals surface area contributed by atoms with E-state index in [0.717, 1.165) is 17.0 Å². The molecule has 5 nitrogen and oxygen atoms in total. The monoisotopic (exact) mass is 464 g/mol. The van der Waals surface area contributed by atoms with Gasteiger partial charge in [0.25, 0.3) is 5.91 Å². The summed E-state index contributed by atoms with van der Waals surface area (Å²) < 4.78 is 29.4. The average Bonchev–Trinajstić information content (AvgIpc) is 2.74. The van der Waals surface area contributed by atoms with E-state index in [1.54, 1.807) is 0 Å². The molecule has 1 fully saturated rings.